The van der Waals surface area contributed by atoms with Gasteiger partial charge in [0.15, 0.2) is 0 Å². The van der Waals surface area contributed by atoms with Gasteiger partial charge in [-0.25, -0.2) is 9.78 Å². The first kappa shape index (κ1) is 11.5. The van der Waals surface area contributed by atoms with Gasteiger partial charge < -0.3 is 4.74 Å². The quantitative estimate of drug-likeness (QED) is 0.601. The Labute approximate surface area is 103 Å². The molecule has 0 atom stereocenters. The Kier molecular flexibility index (Phi) is 4.02. The van der Waals surface area contributed by atoms with Crippen LogP contribution in [0, 0.1) is 0 Å². The van der Waals surface area contributed by atoms with Crippen molar-refractivity contribution in [2.24, 2.45) is 4.99 Å². The van der Waals surface area contributed by atoms with E-state index < -0.39 is 0 Å². The molecule has 4 nitrogen and oxygen atoms in total. The number of isocyanates is 1. The molecule has 5 heteroatoms. The van der Waals surface area contributed by atoms with Gasteiger partial charge in [-0.3, -0.25) is 0 Å². The van der Waals surface area contributed by atoms with Crippen LogP contribution in [-0.4, -0.2) is 11.1 Å². The summed E-state index contributed by atoms with van der Waals surface area (Å²) in [6.07, 6.45) is 1.49. The van der Waals surface area contributed by atoms with E-state index in [0.29, 0.717) is 6.61 Å². The van der Waals surface area contributed by atoms with Crippen LogP contribution in [0.15, 0.2) is 40.7 Å². The Morgan fingerprint density at radius 1 is 1.35 bits per heavy atom. The minimum atomic E-state index is 0.283. The SMILES string of the molecule is O=C=NCc1csc(COc2ccccc2)n1. The molecule has 0 aliphatic rings. The summed E-state index contributed by atoms with van der Waals surface area (Å²) in [4.78, 5) is 17.7. The molecule has 0 aliphatic heterocycles. The van der Waals surface area contributed by atoms with Crippen molar-refractivity contribution in [1.82, 2.24) is 4.98 Å². The highest BCUT2D eigenvalue weighted by Gasteiger charge is 2.02. The van der Waals surface area contributed by atoms with E-state index in [4.69, 9.17) is 4.74 Å². The van der Waals surface area contributed by atoms with Crippen LogP contribution in [0.2, 0.25) is 0 Å². The Bertz CT molecular complexity index is 518. The number of benzene rings is 1. The number of rotatable bonds is 5. The van der Waals surface area contributed by atoms with Gasteiger partial charge in [0.2, 0.25) is 6.08 Å². The average Bonchev–Trinajstić information content (AvgIpc) is 2.83. The second-order valence-corrected chi connectivity index (χ2v) is 4.18. The highest BCUT2D eigenvalue weighted by atomic mass is 32.1. The molecule has 86 valence electrons. The maximum absolute atomic E-state index is 9.95. The number of carbonyl (C=O) groups excluding carboxylic acids is 1. The monoisotopic (exact) mass is 246 g/mol. The molecule has 0 radical (unpaired) electrons. The molecular weight excluding hydrogens is 236 g/mol. The third kappa shape index (κ3) is 3.52. The summed E-state index contributed by atoms with van der Waals surface area (Å²) >= 11 is 1.49. The van der Waals surface area contributed by atoms with Gasteiger partial charge in [0.25, 0.3) is 0 Å². The number of thiazole rings is 1. The van der Waals surface area contributed by atoms with Crippen molar-refractivity contribution >= 4 is 17.4 Å². The van der Waals surface area contributed by atoms with Gasteiger partial charge in [0.1, 0.15) is 17.4 Å². The molecule has 1 aromatic carbocycles. The first-order valence-electron chi connectivity index (χ1n) is 5.03. The molecule has 0 N–H and O–H groups in total. The van der Waals surface area contributed by atoms with E-state index in [1.807, 2.05) is 35.7 Å². The standard InChI is InChI=1S/C12H10N2O2S/c15-9-13-6-10-8-17-12(14-10)7-16-11-4-2-1-3-5-11/h1-5,8H,6-7H2. The van der Waals surface area contributed by atoms with E-state index >= 15 is 0 Å². The number of nitrogens with zero attached hydrogens (tertiary/aromatic N) is 2. The van der Waals surface area contributed by atoms with Gasteiger partial charge in [-0.1, -0.05) is 18.2 Å². The zero-order chi connectivity index (χ0) is 11.9. The van der Waals surface area contributed by atoms with Crippen molar-refractivity contribution in [3.63, 3.8) is 0 Å². The Hall–Kier alpha value is -1.97. The van der Waals surface area contributed by atoms with Gasteiger partial charge in [0, 0.05) is 5.38 Å². The maximum Gasteiger partial charge on any atom is 0.235 e. The zero-order valence-electron chi connectivity index (χ0n) is 9.00. The molecule has 2 aromatic rings. The van der Waals surface area contributed by atoms with Crippen LogP contribution >= 0.6 is 11.3 Å². The van der Waals surface area contributed by atoms with Crippen molar-refractivity contribution < 1.29 is 9.53 Å². The smallest absolute Gasteiger partial charge is 0.235 e. The second-order valence-electron chi connectivity index (χ2n) is 3.24. The summed E-state index contributed by atoms with van der Waals surface area (Å²) in [5.74, 6) is 0.815. The number of aromatic nitrogens is 1. The number of hydrogen-bond acceptors (Lipinski definition) is 5. The fraction of sp³-hybridized carbons (Fsp3) is 0.167. The highest BCUT2D eigenvalue weighted by Crippen LogP contribution is 2.15. The third-order valence-corrected chi connectivity index (χ3v) is 2.88. The van der Waals surface area contributed by atoms with Crippen LogP contribution in [0.25, 0.3) is 0 Å². The van der Waals surface area contributed by atoms with Crippen LogP contribution in [0.1, 0.15) is 10.7 Å². The molecule has 0 aliphatic carbocycles. The highest BCUT2D eigenvalue weighted by molar-refractivity contribution is 7.09. The molecule has 0 bridgehead atoms. The van der Waals surface area contributed by atoms with Gasteiger partial charge in [-0.2, -0.15) is 4.99 Å². The molecular formula is C12H10N2O2S. The minimum absolute atomic E-state index is 0.283. The van der Waals surface area contributed by atoms with Crippen molar-refractivity contribution in [3.05, 3.63) is 46.4 Å². The summed E-state index contributed by atoms with van der Waals surface area (Å²) in [5, 5.41) is 2.73. The average molecular weight is 246 g/mol. The van der Waals surface area contributed by atoms with Crippen molar-refractivity contribution in [3.8, 4) is 5.75 Å². The largest absolute Gasteiger partial charge is 0.486 e. The van der Waals surface area contributed by atoms with E-state index in [0.717, 1.165) is 16.5 Å². The first-order valence-corrected chi connectivity index (χ1v) is 5.91. The lowest BCUT2D eigenvalue weighted by molar-refractivity contribution is 0.305. The number of ether oxygens (including phenoxy) is 1. The number of para-hydroxylation sites is 1. The Morgan fingerprint density at radius 2 is 2.18 bits per heavy atom. The summed E-state index contributed by atoms with van der Waals surface area (Å²) in [6.45, 7) is 0.713. The van der Waals surface area contributed by atoms with E-state index in [-0.39, 0.29) is 6.54 Å². The molecule has 17 heavy (non-hydrogen) atoms. The molecule has 1 heterocycles. The van der Waals surface area contributed by atoms with Gasteiger partial charge >= 0.3 is 0 Å². The number of aliphatic imine (C=N–C) groups is 1. The third-order valence-electron chi connectivity index (χ3n) is 2.01. The van der Waals surface area contributed by atoms with Crippen molar-refractivity contribution in [1.29, 1.82) is 0 Å². The molecule has 0 amide bonds. The van der Waals surface area contributed by atoms with E-state index in [2.05, 4.69) is 9.98 Å². The molecule has 0 saturated carbocycles. The van der Waals surface area contributed by atoms with Gasteiger partial charge in [-0.05, 0) is 12.1 Å². The fourth-order valence-corrected chi connectivity index (χ4v) is 1.96. The lowest BCUT2D eigenvalue weighted by atomic mass is 10.3. The van der Waals surface area contributed by atoms with E-state index in [9.17, 15) is 4.79 Å². The maximum atomic E-state index is 9.95. The van der Waals surface area contributed by atoms with Crippen LogP contribution < -0.4 is 4.74 Å². The minimum Gasteiger partial charge on any atom is -0.486 e. The molecule has 0 fully saturated rings. The van der Waals surface area contributed by atoms with E-state index in [1.165, 1.54) is 17.4 Å². The lowest BCUT2D eigenvalue weighted by Gasteiger charge is -2.02. The Morgan fingerprint density at radius 3 is 2.94 bits per heavy atom. The number of hydrogen-bond donors (Lipinski definition) is 0. The molecule has 2 rings (SSSR count). The first-order chi connectivity index (χ1) is 8.38. The normalized spacial score (nSPS) is 9.65. The molecule has 0 saturated heterocycles. The van der Waals surface area contributed by atoms with Gasteiger partial charge in [-0.15, -0.1) is 11.3 Å². The van der Waals surface area contributed by atoms with Crippen LogP contribution in [-0.2, 0) is 17.9 Å². The topological polar surface area (TPSA) is 51.5 Å². The zero-order valence-corrected chi connectivity index (χ0v) is 9.81. The molecule has 1 aromatic heterocycles. The lowest BCUT2D eigenvalue weighted by Crippen LogP contribution is -1.94. The summed E-state index contributed by atoms with van der Waals surface area (Å²) in [6, 6.07) is 9.56. The van der Waals surface area contributed by atoms with Gasteiger partial charge in [0.05, 0.1) is 12.2 Å². The predicted molar refractivity (Wildman–Crippen MR) is 64.7 cm³/mol. The second kappa shape index (κ2) is 5.94. The summed E-state index contributed by atoms with van der Waals surface area (Å²) in [7, 11) is 0. The van der Waals surface area contributed by atoms with Crippen LogP contribution in [0.4, 0.5) is 0 Å². The Balaban J connectivity index is 1.91. The molecule has 0 spiro atoms. The predicted octanol–water partition coefficient (Wildman–Crippen LogP) is 2.56. The van der Waals surface area contributed by atoms with Crippen LogP contribution in [0.5, 0.6) is 5.75 Å². The summed E-state index contributed by atoms with van der Waals surface area (Å²) in [5.41, 5.74) is 0.769. The van der Waals surface area contributed by atoms with Crippen LogP contribution in [0.3, 0.4) is 0 Å². The van der Waals surface area contributed by atoms with Crippen molar-refractivity contribution in [2.45, 2.75) is 13.2 Å². The summed E-state index contributed by atoms with van der Waals surface area (Å²) < 4.78 is 5.55. The molecule has 0 unspecified atom stereocenters. The van der Waals surface area contributed by atoms with Crippen molar-refractivity contribution in [2.75, 3.05) is 0 Å². The van der Waals surface area contributed by atoms with E-state index in [1.54, 1.807) is 0 Å². The fourth-order valence-electron chi connectivity index (χ4n) is 1.26.